The molecular weight excluding hydrogens is 483 g/mol. The highest BCUT2D eigenvalue weighted by molar-refractivity contribution is 6.15. The highest BCUT2D eigenvalue weighted by Gasteiger charge is 2.57. The summed E-state index contributed by atoms with van der Waals surface area (Å²) >= 11 is 0. The molecule has 3 aromatic carbocycles. The lowest BCUT2D eigenvalue weighted by molar-refractivity contribution is -0.159. The molecule has 2 aromatic heterocycles. The van der Waals surface area contributed by atoms with Gasteiger partial charge < -0.3 is 19.2 Å². The number of fused-ring (bicyclic) bond motifs is 10. The Morgan fingerprint density at radius 3 is 2.65 bits per heavy atom. The number of furan rings is 1. The van der Waals surface area contributed by atoms with Crippen LogP contribution in [0.25, 0.3) is 44.0 Å². The summed E-state index contributed by atoms with van der Waals surface area (Å²) in [6.45, 7) is 1.62. The first kappa shape index (κ1) is 22.0. The quantitative estimate of drug-likeness (QED) is 0.327. The molecule has 6 nitrogen and oxygen atoms in total. The second-order valence-electron chi connectivity index (χ2n) is 9.65. The van der Waals surface area contributed by atoms with Crippen molar-refractivity contribution in [1.82, 2.24) is 9.88 Å². The number of rotatable bonds is 1. The number of hydrogen-bond acceptors (Lipinski definition) is 4. The van der Waals surface area contributed by atoms with Gasteiger partial charge in [0.1, 0.15) is 23.0 Å². The van der Waals surface area contributed by atoms with E-state index in [0.717, 1.165) is 5.56 Å². The Balaban J connectivity index is 1.55. The van der Waals surface area contributed by atoms with Gasteiger partial charge in [-0.15, -0.1) is 0 Å². The Morgan fingerprint density at radius 1 is 1.05 bits per heavy atom. The first-order valence-corrected chi connectivity index (χ1v) is 12.0. The number of nitrogens with one attached hydrogen (secondary N) is 1. The van der Waals surface area contributed by atoms with Gasteiger partial charge in [0.25, 0.3) is 17.4 Å². The Bertz CT molecular complexity index is 1840. The zero-order chi connectivity index (χ0) is 25.6. The molecule has 0 spiro atoms. The van der Waals surface area contributed by atoms with E-state index in [1.807, 2.05) is 24.0 Å². The minimum absolute atomic E-state index is 0.0545. The van der Waals surface area contributed by atoms with E-state index in [1.54, 1.807) is 30.3 Å². The lowest BCUT2D eigenvalue weighted by atomic mass is 9.92. The van der Waals surface area contributed by atoms with Crippen LogP contribution in [0, 0.1) is 5.82 Å². The largest absolute Gasteiger partial charge is 0.455 e. The number of hydrogen-bond donors (Lipinski definition) is 1. The van der Waals surface area contributed by atoms with Gasteiger partial charge in [0.05, 0.1) is 17.4 Å². The van der Waals surface area contributed by atoms with Crippen LogP contribution < -0.4 is 10.5 Å². The molecule has 9 heteroatoms. The highest BCUT2D eigenvalue weighted by Crippen LogP contribution is 2.43. The summed E-state index contributed by atoms with van der Waals surface area (Å²) in [5, 5.41) is 1.42. The van der Waals surface area contributed by atoms with E-state index in [0.29, 0.717) is 56.2 Å². The van der Waals surface area contributed by atoms with Crippen LogP contribution in [0.5, 0.6) is 0 Å². The number of alkyl halides is 2. The lowest BCUT2D eigenvalue weighted by Gasteiger charge is -2.49. The summed E-state index contributed by atoms with van der Waals surface area (Å²) in [4.78, 5) is 32.0. The monoisotopic (exact) mass is 503 g/mol. The fourth-order valence-corrected chi connectivity index (χ4v) is 5.64. The molecule has 2 aliphatic rings. The van der Waals surface area contributed by atoms with E-state index in [-0.39, 0.29) is 6.54 Å². The van der Waals surface area contributed by atoms with Crippen molar-refractivity contribution in [2.24, 2.45) is 0 Å². The van der Waals surface area contributed by atoms with Gasteiger partial charge in [-0.3, -0.25) is 9.59 Å². The van der Waals surface area contributed by atoms with Gasteiger partial charge in [-0.05, 0) is 48.9 Å². The summed E-state index contributed by atoms with van der Waals surface area (Å²) in [6.07, 6.45) is 0. The number of H-pyrrole nitrogens is 1. The van der Waals surface area contributed by atoms with Crippen molar-refractivity contribution < 1.29 is 22.4 Å². The molecule has 0 saturated carbocycles. The first-order chi connectivity index (χ1) is 17.7. The van der Waals surface area contributed by atoms with Crippen LogP contribution in [0.1, 0.15) is 17.3 Å². The fourth-order valence-electron chi connectivity index (χ4n) is 5.64. The highest BCUT2D eigenvalue weighted by atomic mass is 19.3. The number of nitrogens with zero attached hydrogens (tertiary/aromatic N) is 2. The van der Waals surface area contributed by atoms with Crippen molar-refractivity contribution in [3.63, 3.8) is 0 Å². The standard InChI is InChI=1S/C28H20F3N3O3/c1-2-33-12-23-28(30,31)13-34(23)27(36)15-5-3-4-14(8-15)18-10-19-22(11-21(18)33)37-25-17-7-6-16(29)9-20(17)32-26(35)24(19)25/h3-11,23H,2,12-13H2,1H3,(H,32,35). The number of carbonyl (C=O) groups is 1. The third-order valence-electron chi connectivity index (χ3n) is 7.55. The van der Waals surface area contributed by atoms with Crippen LogP contribution in [0.2, 0.25) is 0 Å². The van der Waals surface area contributed by atoms with Crippen molar-refractivity contribution in [3.05, 3.63) is 76.3 Å². The second-order valence-corrected chi connectivity index (χ2v) is 9.65. The Morgan fingerprint density at radius 2 is 1.86 bits per heavy atom. The van der Waals surface area contributed by atoms with Crippen molar-refractivity contribution in [3.8, 4) is 11.1 Å². The number of carbonyl (C=O) groups excluding carboxylic acids is 1. The summed E-state index contributed by atoms with van der Waals surface area (Å²) in [6, 6.07) is 13.3. The smallest absolute Gasteiger partial charge is 0.286 e. The van der Waals surface area contributed by atoms with Crippen LogP contribution in [0.3, 0.4) is 0 Å². The van der Waals surface area contributed by atoms with E-state index in [9.17, 15) is 22.8 Å². The van der Waals surface area contributed by atoms with Gasteiger partial charge in [-0.2, -0.15) is 0 Å². The maximum atomic E-state index is 14.7. The van der Waals surface area contributed by atoms with Crippen LogP contribution >= 0.6 is 0 Å². The van der Waals surface area contributed by atoms with E-state index < -0.39 is 35.8 Å². The van der Waals surface area contributed by atoms with E-state index >= 15 is 0 Å². The fraction of sp³-hybridized carbons (Fsp3) is 0.214. The maximum absolute atomic E-state index is 14.7. The third kappa shape index (κ3) is 3.06. The molecule has 1 amide bonds. The molecule has 0 aliphatic carbocycles. The second kappa shape index (κ2) is 7.38. The molecule has 1 unspecified atom stereocenters. The molecule has 5 aromatic rings. The number of pyridine rings is 1. The Kier molecular flexibility index (Phi) is 4.38. The first-order valence-electron chi connectivity index (χ1n) is 12.0. The predicted molar refractivity (Wildman–Crippen MR) is 135 cm³/mol. The minimum atomic E-state index is -3.00. The van der Waals surface area contributed by atoms with Crippen molar-refractivity contribution >= 4 is 44.4 Å². The molecule has 4 heterocycles. The molecule has 37 heavy (non-hydrogen) atoms. The summed E-state index contributed by atoms with van der Waals surface area (Å²) in [7, 11) is 0. The van der Waals surface area contributed by atoms with E-state index in [2.05, 4.69) is 4.98 Å². The molecule has 1 N–H and O–H groups in total. The number of likely N-dealkylation sites (N-methyl/N-ethyl adjacent to an activating group) is 1. The maximum Gasteiger partial charge on any atom is 0.286 e. The molecular formula is C28H20F3N3O3. The van der Waals surface area contributed by atoms with Crippen LogP contribution in [0.15, 0.2) is 63.8 Å². The average Bonchev–Trinajstić information content (AvgIpc) is 3.25. The van der Waals surface area contributed by atoms with Crippen molar-refractivity contribution in [2.45, 2.75) is 18.9 Å². The van der Waals surface area contributed by atoms with Crippen LogP contribution in [-0.4, -0.2) is 47.4 Å². The van der Waals surface area contributed by atoms with Gasteiger partial charge in [-0.25, -0.2) is 13.2 Å². The lowest BCUT2D eigenvalue weighted by Crippen LogP contribution is -2.70. The average molecular weight is 503 g/mol. The normalized spacial score (nSPS) is 18.7. The SMILES string of the molecule is CCN1CC2N(CC2(F)F)C(=O)c2cccc(c2)-c2cc3c(cc21)oc1c2ccc(F)cc2[nH]c(=O)c31. The summed E-state index contributed by atoms with van der Waals surface area (Å²) in [5.41, 5.74) is 3.04. The summed E-state index contributed by atoms with van der Waals surface area (Å²) in [5.74, 6) is -3.91. The number of anilines is 1. The number of aromatic nitrogens is 1. The van der Waals surface area contributed by atoms with Gasteiger partial charge in [0, 0.05) is 46.7 Å². The number of benzene rings is 3. The van der Waals surface area contributed by atoms with Gasteiger partial charge in [0.15, 0.2) is 0 Å². The van der Waals surface area contributed by atoms with Crippen LogP contribution in [0.4, 0.5) is 18.9 Å². The Hall–Kier alpha value is -4.27. The number of aromatic amines is 1. The zero-order valence-corrected chi connectivity index (χ0v) is 19.6. The third-order valence-corrected chi connectivity index (χ3v) is 7.55. The topological polar surface area (TPSA) is 69.5 Å². The Labute approximate surface area is 207 Å². The minimum Gasteiger partial charge on any atom is -0.455 e. The van der Waals surface area contributed by atoms with Gasteiger partial charge >= 0.3 is 0 Å². The van der Waals surface area contributed by atoms with E-state index in [1.165, 1.54) is 17.0 Å². The summed E-state index contributed by atoms with van der Waals surface area (Å²) < 4.78 is 49.3. The molecule has 2 aliphatic heterocycles. The zero-order valence-electron chi connectivity index (χ0n) is 19.6. The molecule has 1 fully saturated rings. The van der Waals surface area contributed by atoms with E-state index in [4.69, 9.17) is 4.42 Å². The molecule has 0 radical (unpaired) electrons. The van der Waals surface area contributed by atoms with Gasteiger partial charge in [0.2, 0.25) is 0 Å². The van der Waals surface area contributed by atoms with Crippen molar-refractivity contribution in [2.75, 3.05) is 24.5 Å². The molecule has 186 valence electrons. The number of amides is 1. The van der Waals surface area contributed by atoms with Crippen molar-refractivity contribution in [1.29, 1.82) is 0 Å². The van der Waals surface area contributed by atoms with Gasteiger partial charge in [-0.1, -0.05) is 12.1 Å². The molecule has 1 atom stereocenters. The number of halogens is 3. The predicted octanol–water partition coefficient (Wildman–Crippen LogP) is 5.53. The molecule has 2 bridgehead atoms. The molecule has 7 rings (SSSR count). The van der Waals surface area contributed by atoms with Crippen LogP contribution in [-0.2, 0) is 0 Å². The molecule has 1 saturated heterocycles.